The molecular weight excluding hydrogens is 198 g/mol. The van der Waals surface area contributed by atoms with Gasteiger partial charge < -0.3 is 4.90 Å². The van der Waals surface area contributed by atoms with Crippen molar-refractivity contribution in [3.63, 3.8) is 0 Å². The number of likely N-dealkylation sites (tertiary alicyclic amines) is 1. The average molecular weight is 225 g/mol. The van der Waals surface area contributed by atoms with E-state index < -0.39 is 0 Å². The Morgan fingerprint density at radius 1 is 1.19 bits per heavy atom. The molecule has 94 valence electrons. The predicted molar refractivity (Wildman–Crippen MR) is 68.2 cm³/mol. The second-order valence-electron chi connectivity index (χ2n) is 6.50. The van der Waals surface area contributed by atoms with Crippen LogP contribution in [-0.2, 0) is 4.79 Å². The summed E-state index contributed by atoms with van der Waals surface area (Å²) in [4.78, 5) is 13.5. The summed E-state index contributed by atoms with van der Waals surface area (Å²) < 4.78 is 0. The van der Waals surface area contributed by atoms with Crippen LogP contribution in [0.5, 0.6) is 0 Å². The number of nitrogens with zero attached hydrogens (tertiary/aromatic N) is 1. The molecule has 1 amide bonds. The fraction of sp³-hybridized carbons (Fsp3) is 0.929. The Morgan fingerprint density at radius 3 is 2.31 bits per heavy atom. The lowest BCUT2D eigenvalue weighted by atomic mass is 9.74. The Hall–Kier alpha value is -0.530. The van der Waals surface area contributed by atoms with E-state index in [-0.39, 0.29) is 5.91 Å². The molecule has 0 aromatic carbocycles. The maximum atomic E-state index is 11.5. The minimum Gasteiger partial charge on any atom is -0.343 e. The van der Waals surface area contributed by atoms with E-state index in [1.807, 2.05) is 4.90 Å². The third kappa shape index (κ3) is 3.80. The van der Waals surface area contributed by atoms with Gasteiger partial charge in [-0.3, -0.25) is 4.79 Å². The third-order valence-electron chi connectivity index (χ3n) is 3.96. The van der Waals surface area contributed by atoms with Gasteiger partial charge in [0.2, 0.25) is 5.91 Å². The number of rotatable bonds is 0. The lowest BCUT2D eigenvalue weighted by molar-refractivity contribution is -0.130. The summed E-state index contributed by atoms with van der Waals surface area (Å²) in [6.45, 7) is 12.8. The highest BCUT2D eigenvalue weighted by molar-refractivity contribution is 5.73. The summed E-state index contributed by atoms with van der Waals surface area (Å²) in [5, 5.41) is 0. The quantitative estimate of drug-likeness (QED) is 0.619. The summed E-state index contributed by atoms with van der Waals surface area (Å²) in [5.41, 5.74) is 0.375. The first-order valence-electron chi connectivity index (χ1n) is 6.56. The van der Waals surface area contributed by atoms with Gasteiger partial charge in [0.25, 0.3) is 0 Å². The fourth-order valence-corrected chi connectivity index (χ4v) is 2.65. The van der Waals surface area contributed by atoms with Crippen molar-refractivity contribution in [3.05, 3.63) is 0 Å². The van der Waals surface area contributed by atoms with Crippen molar-refractivity contribution < 1.29 is 4.79 Å². The topological polar surface area (TPSA) is 20.3 Å². The molecule has 2 atom stereocenters. The lowest BCUT2D eigenvalue weighted by Crippen LogP contribution is -2.38. The molecule has 1 fully saturated rings. The molecule has 2 heteroatoms. The van der Waals surface area contributed by atoms with Gasteiger partial charge in [-0.1, -0.05) is 27.7 Å². The first-order valence-corrected chi connectivity index (χ1v) is 6.56. The van der Waals surface area contributed by atoms with Crippen molar-refractivity contribution in [2.24, 2.45) is 17.3 Å². The number of amides is 1. The van der Waals surface area contributed by atoms with E-state index in [1.165, 1.54) is 12.8 Å². The summed E-state index contributed by atoms with van der Waals surface area (Å²) >= 11 is 0. The SMILES string of the molecule is CC(=O)N1CCC(C(C)(C)C)CCC(C)C1. The van der Waals surface area contributed by atoms with E-state index in [1.54, 1.807) is 6.92 Å². The average Bonchev–Trinajstić information content (AvgIpc) is 2.08. The van der Waals surface area contributed by atoms with E-state index in [2.05, 4.69) is 27.7 Å². The van der Waals surface area contributed by atoms with Crippen molar-refractivity contribution in [3.8, 4) is 0 Å². The van der Waals surface area contributed by atoms with E-state index in [4.69, 9.17) is 0 Å². The van der Waals surface area contributed by atoms with Crippen LogP contribution >= 0.6 is 0 Å². The van der Waals surface area contributed by atoms with Gasteiger partial charge in [-0.2, -0.15) is 0 Å². The Bertz CT molecular complexity index is 242. The monoisotopic (exact) mass is 225 g/mol. The molecule has 1 rings (SSSR count). The van der Waals surface area contributed by atoms with Gasteiger partial charge in [0.1, 0.15) is 0 Å². The van der Waals surface area contributed by atoms with Crippen LogP contribution in [0.15, 0.2) is 0 Å². The summed E-state index contributed by atoms with van der Waals surface area (Å²) in [7, 11) is 0. The van der Waals surface area contributed by atoms with Crippen LogP contribution in [0, 0.1) is 17.3 Å². The third-order valence-corrected chi connectivity index (χ3v) is 3.96. The van der Waals surface area contributed by atoms with E-state index in [9.17, 15) is 4.79 Å². The molecule has 0 aromatic rings. The minimum absolute atomic E-state index is 0.237. The Labute approximate surface area is 100 Å². The minimum atomic E-state index is 0.237. The summed E-state index contributed by atoms with van der Waals surface area (Å²) in [6.07, 6.45) is 3.73. The molecule has 1 heterocycles. The zero-order valence-corrected chi connectivity index (χ0v) is 11.5. The summed E-state index contributed by atoms with van der Waals surface area (Å²) in [6, 6.07) is 0. The number of hydrogen-bond acceptors (Lipinski definition) is 1. The van der Waals surface area contributed by atoms with Crippen molar-refractivity contribution in [1.82, 2.24) is 4.90 Å². The molecule has 1 aliphatic heterocycles. The molecular formula is C14H27NO. The first kappa shape index (κ1) is 13.5. The molecule has 1 aliphatic rings. The molecule has 2 nitrogen and oxygen atoms in total. The van der Waals surface area contributed by atoms with Crippen LogP contribution in [0.1, 0.15) is 53.9 Å². The molecule has 2 unspecified atom stereocenters. The second-order valence-corrected chi connectivity index (χ2v) is 6.50. The molecule has 0 aliphatic carbocycles. The van der Waals surface area contributed by atoms with Crippen LogP contribution in [0.4, 0.5) is 0 Å². The van der Waals surface area contributed by atoms with Gasteiger partial charge >= 0.3 is 0 Å². The highest BCUT2D eigenvalue weighted by Gasteiger charge is 2.28. The summed E-state index contributed by atoms with van der Waals surface area (Å²) in [5.74, 6) is 1.63. The van der Waals surface area contributed by atoms with Crippen molar-refractivity contribution in [2.45, 2.75) is 53.9 Å². The van der Waals surface area contributed by atoms with E-state index in [0.29, 0.717) is 11.3 Å². The number of carbonyl (C=O) groups excluding carboxylic acids is 1. The van der Waals surface area contributed by atoms with Crippen LogP contribution in [-0.4, -0.2) is 23.9 Å². The van der Waals surface area contributed by atoms with E-state index in [0.717, 1.165) is 25.4 Å². The van der Waals surface area contributed by atoms with Crippen LogP contribution in [0.2, 0.25) is 0 Å². The van der Waals surface area contributed by atoms with Crippen molar-refractivity contribution >= 4 is 5.91 Å². The Balaban J connectivity index is 2.66. The smallest absolute Gasteiger partial charge is 0.219 e. The zero-order valence-electron chi connectivity index (χ0n) is 11.5. The fourth-order valence-electron chi connectivity index (χ4n) is 2.65. The maximum Gasteiger partial charge on any atom is 0.219 e. The second kappa shape index (κ2) is 5.20. The molecule has 0 bridgehead atoms. The molecule has 0 aromatic heterocycles. The molecule has 1 saturated heterocycles. The molecule has 0 spiro atoms. The van der Waals surface area contributed by atoms with Gasteiger partial charge in [-0.25, -0.2) is 0 Å². The van der Waals surface area contributed by atoms with Gasteiger partial charge in [-0.05, 0) is 36.5 Å². The first-order chi connectivity index (χ1) is 7.30. The Morgan fingerprint density at radius 2 is 1.81 bits per heavy atom. The standard InChI is InChI=1S/C14H27NO/c1-11-6-7-13(14(3,4)5)8-9-15(10-11)12(2)16/h11,13H,6-10H2,1-5H3. The van der Waals surface area contributed by atoms with Gasteiger partial charge in [-0.15, -0.1) is 0 Å². The van der Waals surface area contributed by atoms with Gasteiger partial charge in [0.05, 0.1) is 0 Å². The van der Waals surface area contributed by atoms with E-state index >= 15 is 0 Å². The van der Waals surface area contributed by atoms with Crippen LogP contribution in [0.3, 0.4) is 0 Å². The predicted octanol–water partition coefficient (Wildman–Crippen LogP) is 3.32. The van der Waals surface area contributed by atoms with Gasteiger partial charge in [0.15, 0.2) is 0 Å². The van der Waals surface area contributed by atoms with Gasteiger partial charge in [0, 0.05) is 20.0 Å². The largest absolute Gasteiger partial charge is 0.343 e. The number of hydrogen-bond donors (Lipinski definition) is 0. The molecule has 0 saturated carbocycles. The van der Waals surface area contributed by atoms with Crippen LogP contribution in [0.25, 0.3) is 0 Å². The highest BCUT2D eigenvalue weighted by Crippen LogP contribution is 2.35. The molecule has 0 radical (unpaired) electrons. The highest BCUT2D eigenvalue weighted by atomic mass is 16.2. The zero-order chi connectivity index (χ0) is 12.3. The molecule has 16 heavy (non-hydrogen) atoms. The van der Waals surface area contributed by atoms with Crippen molar-refractivity contribution in [1.29, 1.82) is 0 Å². The number of carbonyl (C=O) groups is 1. The Kier molecular flexibility index (Phi) is 4.40. The van der Waals surface area contributed by atoms with Crippen molar-refractivity contribution in [2.75, 3.05) is 13.1 Å². The normalized spacial score (nSPS) is 28.4. The lowest BCUT2D eigenvalue weighted by Gasteiger charge is -2.37. The molecule has 0 N–H and O–H groups in total. The maximum absolute atomic E-state index is 11.5. The van der Waals surface area contributed by atoms with Crippen LogP contribution < -0.4 is 0 Å².